The third-order valence-corrected chi connectivity index (χ3v) is 3.52. The molecular formula is C20H31NO5. The number of rotatable bonds is 7. The zero-order valence-corrected chi connectivity index (χ0v) is 16.7. The zero-order chi connectivity index (χ0) is 19.9. The molecule has 3 atom stereocenters. The van der Waals surface area contributed by atoms with Crippen molar-refractivity contribution in [2.45, 2.75) is 72.3 Å². The number of benzene rings is 1. The molecular weight excluding hydrogens is 334 g/mol. The molecule has 146 valence electrons. The maximum Gasteiger partial charge on any atom is 0.408 e. The molecule has 1 amide bonds. The van der Waals surface area contributed by atoms with E-state index in [1.54, 1.807) is 27.7 Å². The van der Waals surface area contributed by atoms with Gasteiger partial charge in [-0.1, -0.05) is 32.0 Å². The van der Waals surface area contributed by atoms with Gasteiger partial charge in [0.1, 0.15) is 29.6 Å². The Balaban J connectivity index is 2.65. The SMILES string of the molecule is CC(C)[C@@H](OC(=O)[C@H](C)NC(=O)OC(C)(C)C)[C@@H](C)Oc1ccccc1. The first-order chi connectivity index (χ1) is 12.0. The van der Waals surface area contributed by atoms with Crippen molar-refractivity contribution in [2.24, 2.45) is 5.92 Å². The lowest BCUT2D eigenvalue weighted by molar-refractivity contribution is -0.158. The third kappa shape index (κ3) is 7.76. The second-order valence-electron chi connectivity index (χ2n) is 7.65. The number of esters is 1. The van der Waals surface area contributed by atoms with Crippen LogP contribution >= 0.6 is 0 Å². The molecule has 0 aromatic heterocycles. The number of carbonyl (C=O) groups is 2. The predicted octanol–water partition coefficient (Wildman–Crippen LogP) is 3.93. The number of ether oxygens (including phenoxy) is 3. The smallest absolute Gasteiger partial charge is 0.408 e. The van der Waals surface area contributed by atoms with Crippen LogP contribution in [0.2, 0.25) is 0 Å². The number of hydrogen-bond acceptors (Lipinski definition) is 5. The van der Waals surface area contributed by atoms with Gasteiger partial charge < -0.3 is 19.5 Å². The predicted molar refractivity (Wildman–Crippen MR) is 100 cm³/mol. The molecule has 0 saturated heterocycles. The number of amides is 1. The summed E-state index contributed by atoms with van der Waals surface area (Å²) in [6.45, 7) is 12.6. The van der Waals surface area contributed by atoms with Gasteiger partial charge in [0.05, 0.1) is 0 Å². The van der Waals surface area contributed by atoms with Gasteiger partial charge >= 0.3 is 12.1 Å². The molecule has 1 aromatic rings. The van der Waals surface area contributed by atoms with E-state index in [0.29, 0.717) is 5.75 Å². The van der Waals surface area contributed by atoms with Gasteiger partial charge in [-0.25, -0.2) is 9.59 Å². The first kappa shape index (κ1) is 21.8. The molecule has 0 aliphatic heterocycles. The van der Waals surface area contributed by atoms with Crippen molar-refractivity contribution < 1.29 is 23.8 Å². The van der Waals surface area contributed by atoms with Crippen LogP contribution in [-0.2, 0) is 14.3 Å². The van der Waals surface area contributed by atoms with Gasteiger partial charge in [0.15, 0.2) is 0 Å². The summed E-state index contributed by atoms with van der Waals surface area (Å²) in [5, 5.41) is 2.49. The summed E-state index contributed by atoms with van der Waals surface area (Å²) in [5.74, 6) is 0.228. The minimum absolute atomic E-state index is 0.0476. The fourth-order valence-corrected chi connectivity index (χ4v) is 2.33. The molecule has 0 aliphatic carbocycles. The number of alkyl carbamates (subject to hydrolysis) is 1. The molecule has 26 heavy (non-hydrogen) atoms. The third-order valence-electron chi connectivity index (χ3n) is 3.52. The summed E-state index contributed by atoms with van der Waals surface area (Å²) in [6, 6.07) is 8.54. The average molecular weight is 365 g/mol. The van der Waals surface area contributed by atoms with Crippen molar-refractivity contribution >= 4 is 12.1 Å². The number of nitrogens with one attached hydrogen (secondary N) is 1. The minimum Gasteiger partial charge on any atom is -0.487 e. The second kappa shape index (κ2) is 9.46. The summed E-state index contributed by atoms with van der Waals surface area (Å²) in [4.78, 5) is 24.2. The van der Waals surface area contributed by atoms with E-state index in [9.17, 15) is 9.59 Å². The molecule has 1 aromatic carbocycles. The molecule has 0 aliphatic rings. The van der Waals surface area contributed by atoms with E-state index in [2.05, 4.69) is 5.32 Å². The average Bonchev–Trinajstić information content (AvgIpc) is 2.50. The van der Waals surface area contributed by atoms with E-state index < -0.39 is 29.8 Å². The fraction of sp³-hybridized carbons (Fsp3) is 0.600. The first-order valence-electron chi connectivity index (χ1n) is 8.91. The maximum absolute atomic E-state index is 12.4. The Morgan fingerprint density at radius 2 is 1.58 bits per heavy atom. The highest BCUT2D eigenvalue weighted by molar-refractivity contribution is 5.81. The van der Waals surface area contributed by atoms with E-state index in [4.69, 9.17) is 14.2 Å². The van der Waals surface area contributed by atoms with E-state index in [1.807, 2.05) is 51.1 Å². The van der Waals surface area contributed by atoms with E-state index >= 15 is 0 Å². The molecule has 0 fully saturated rings. The standard InChI is InChI=1S/C20H31NO5/c1-13(2)17(15(4)24-16-11-9-8-10-12-16)25-18(22)14(3)21-19(23)26-20(5,6)7/h8-15,17H,1-7H3,(H,21,23)/t14-,15+,17+/m0/s1. The molecule has 0 saturated carbocycles. The van der Waals surface area contributed by atoms with Crippen LogP contribution in [0.5, 0.6) is 5.75 Å². The van der Waals surface area contributed by atoms with Gasteiger partial charge in [0, 0.05) is 0 Å². The monoisotopic (exact) mass is 365 g/mol. The summed E-state index contributed by atoms with van der Waals surface area (Å²) >= 11 is 0. The highest BCUT2D eigenvalue weighted by Crippen LogP contribution is 2.19. The normalized spacial score (nSPS) is 14.9. The molecule has 0 bridgehead atoms. The quantitative estimate of drug-likeness (QED) is 0.741. The largest absolute Gasteiger partial charge is 0.487 e. The molecule has 6 heteroatoms. The Morgan fingerprint density at radius 3 is 2.08 bits per heavy atom. The van der Waals surface area contributed by atoms with Gasteiger partial charge in [0.25, 0.3) is 0 Å². The first-order valence-corrected chi connectivity index (χ1v) is 8.91. The summed E-state index contributed by atoms with van der Waals surface area (Å²) < 4.78 is 16.6. The second-order valence-corrected chi connectivity index (χ2v) is 7.65. The van der Waals surface area contributed by atoms with Crippen molar-refractivity contribution in [1.29, 1.82) is 0 Å². The van der Waals surface area contributed by atoms with Crippen molar-refractivity contribution in [3.05, 3.63) is 30.3 Å². The molecule has 1 rings (SSSR count). The van der Waals surface area contributed by atoms with Crippen molar-refractivity contribution in [2.75, 3.05) is 0 Å². The van der Waals surface area contributed by atoms with Crippen LogP contribution in [0.25, 0.3) is 0 Å². The van der Waals surface area contributed by atoms with Crippen LogP contribution in [0.1, 0.15) is 48.5 Å². The number of hydrogen-bond donors (Lipinski definition) is 1. The molecule has 0 heterocycles. The Labute approximate surface area is 156 Å². The van der Waals surface area contributed by atoms with Crippen molar-refractivity contribution in [3.8, 4) is 5.75 Å². The highest BCUT2D eigenvalue weighted by atomic mass is 16.6. The lowest BCUT2D eigenvalue weighted by atomic mass is 10.0. The Kier molecular flexibility index (Phi) is 7.93. The van der Waals surface area contributed by atoms with Crippen LogP contribution in [0.3, 0.4) is 0 Å². The van der Waals surface area contributed by atoms with Crippen LogP contribution < -0.4 is 10.1 Å². The van der Waals surface area contributed by atoms with E-state index in [-0.39, 0.29) is 12.0 Å². The van der Waals surface area contributed by atoms with Gasteiger partial charge in [-0.05, 0) is 52.7 Å². The van der Waals surface area contributed by atoms with Gasteiger partial charge in [0.2, 0.25) is 0 Å². The Bertz CT molecular complexity index is 580. The Morgan fingerprint density at radius 1 is 1.00 bits per heavy atom. The minimum atomic E-state index is -0.824. The van der Waals surface area contributed by atoms with Crippen LogP contribution in [-0.4, -0.2) is 35.9 Å². The van der Waals surface area contributed by atoms with Gasteiger partial charge in [-0.2, -0.15) is 0 Å². The van der Waals surface area contributed by atoms with Gasteiger partial charge in [-0.3, -0.25) is 0 Å². The fourth-order valence-electron chi connectivity index (χ4n) is 2.33. The van der Waals surface area contributed by atoms with Gasteiger partial charge in [-0.15, -0.1) is 0 Å². The lowest BCUT2D eigenvalue weighted by Gasteiger charge is -2.29. The number of para-hydroxylation sites is 1. The van der Waals surface area contributed by atoms with Crippen molar-refractivity contribution in [3.63, 3.8) is 0 Å². The van der Waals surface area contributed by atoms with E-state index in [0.717, 1.165) is 0 Å². The topological polar surface area (TPSA) is 73.9 Å². The molecule has 1 N–H and O–H groups in total. The molecule has 0 unspecified atom stereocenters. The summed E-state index contributed by atoms with van der Waals surface area (Å²) in [7, 11) is 0. The maximum atomic E-state index is 12.4. The number of carbonyl (C=O) groups excluding carboxylic acids is 2. The van der Waals surface area contributed by atoms with E-state index in [1.165, 1.54) is 0 Å². The summed E-state index contributed by atoms with van der Waals surface area (Å²) in [5.41, 5.74) is -0.633. The van der Waals surface area contributed by atoms with Crippen LogP contribution in [0, 0.1) is 5.92 Å². The Hall–Kier alpha value is -2.24. The van der Waals surface area contributed by atoms with Crippen LogP contribution in [0.4, 0.5) is 4.79 Å². The zero-order valence-electron chi connectivity index (χ0n) is 16.7. The molecule has 0 spiro atoms. The lowest BCUT2D eigenvalue weighted by Crippen LogP contribution is -2.46. The van der Waals surface area contributed by atoms with Crippen LogP contribution in [0.15, 0.2) is 30.3 Å². The molecule has 6 nitrogen and oxygen atoms in total. The van der Waals surface area contributed by atoms with Crippen molar-refractivity contribution in [1.82, 2.24) is 5.32 Å². The highest BCUT2D eigenvalue weighted by Gasteiger charge is 2.30. The molecule has 0 radical (unpaired) electrons. The summed E-state index contributed by atoms with van der Waals surface area (Å²) in [6.07, 6.45) is -1.45.